The quantitative estimate of drug-likeness (QED) is 0.0726. The summed E-state index contributed by atoms with van der Waals surface area (Å²) in [7, 11) is 0. The van der Waals surface area contributed by atoms with E-state index in [9.17, 15) is 39.0 Å². The second-order valence-electron chi connectivity index (χ2n) is 8.30. The molecule has 0 aromatic rings. The number of carbonyl (C=O) groups is 6. The van der Waals surface area contributed by atoms with Crippen LogP contribution >= 0.6 is 0 Å². The SMILES string of the molecule is NCCCCC(N)C(=O)NC(CCCCN)C(=O)NC(CC(=O)O)C(=O)NC(CCC(N)=O)C(=O)O. The predicted molar refractivity (Wildman–Crippen MR) is 128 cm³/mol. The third-order valence-electron chi connectivity index (χ3n) is 5.19. The highest BCUT2D eigenvalue weighted by Gasteiger charge is 2.31. The molecule has 0 bridgehead atoms. The molecule has 0 aliphatic carbocycles. The van der Waals surface area contributed by atoms with Crippen molar-refractivity contribution in [1.82, 2.24) is 16.0 Å². The Labute approximate surface area is 209 Å². The summed E-state index contributed by atoms with van der Waals surface area (Å²) in [6, 6.07) is -5.23. The van der Waals surface area contributed by atoms with E-state index in [4.69, 9.17) is 22.9 Å². The summed E-state index contributed by atoms with van der Waals surface area (Å²) in [5, 5.41) is 25.3. The molecule has 0 radical (unpaired) electrons. The molecule has 0 heterocycles. The van der Waals surface area contributed by atoms with Crippen LogP contribution in [0.2, 0.25) is 0 Å². The summed E-state index contributed by atoms with van der Waals surface area (Å²) in [6.45, 7) is 0.781. The van der Waals surface area contributed by atoms with Crippen molar-refractivity contribution in [2.24, 2.45) is 22.9 Å². The molecule has 36 heavy (non-hydrogen) atoms. The summed E-state index contributed by atoms with van der Waals surface area (Å²) >= 11 is 0. The first kappa shape index (κ1) is 32.7. The highest BCUT2D eigenvalue weighted by molar-refractivity contribution is 5.95. The molecule has 0 aliphatic rings. The lowest BCUT2D eigenvalue weighted by molar-refractivity contribution is -0.143. The molecule has 0 spiro atoms. The molecule has 0 saturated heterocycles. The van der Waals surface area contributed by atoms with Crippen molar-refractivity contribution in [3.63, 3.8) is 0 Å². The Balaban J connectivity index is 5.47. The molecule has 4 unspecified atom stereocenters. The van der Waals surface area contributed by atoms with Crippen LogP contribution in [0.15, 0.2) is 0 Å². The van der Waals surface area contributed by atoms with E-state index in [0.29, 0.717) is 45.2 Å². The summed E-state index contributed by atoms with van der Waals surface area (Å²) < 4.78 is 0. The van der Waals surface area contributed by atoms with Crippen LogP contribution in [-0.2, 0) is 28.8 Å². The number of primary amides is 1. The van der Waals surface area contributed by atoms with Crippen molar-refractivity contribution in [1.29, 1.82) is 0 Å². The van der Waals surface area contributed by atoms with E-state index >= 15 is 0 Å². The van der Waals surface area contributed by atoms with Crippen molar-refractivity contribution >= 4 is 35.6 Å². The Kier molecular flexibility index (Phi) is 16.4. The molecule has 0 aromatic carbocycles. The zero-order chi connectivity index (χ0) is 27.7. The molecule has 0 rings (SSSR count). The molecule has 0 fully saturated rings. The van der Waals surface area contributed by atoms with Crippen molar-refractivity contribution in [2.45, 2.75) is 82.0 Å². The van der Waals surface area contributed by atoms with Crippen LogP contribution < -0.4 is 38.9 Å². The zero-order valence-electron chi connectivity index (χ0n) is 20.2. The Morgan fingerprint density at radius 2 is 1.17 bits per heavy atom. The Bertz CT molecular complexity index is 765. The van der Waals surface area contributed by atoms with Gasteiger partial charge < -0.3 is 49.1 Å². The number of nitrogens with two attached hydrogens (primary N) is 4. The van der Waals surface area contributed by atoms with E-state index in [0.717, 1.165) is 0 Å². The minimum absolute atomic E-state index is 0.141. The molecular weight excluding hydrogens is 478 g/mol. The third kappa shape index (κ3) is 14.2. The standard InChI is InChI=1S/C21H39N7O8/c22-9-3-1-5-12(24)18(32)26-13(6-2-4-10-23)19(33)28-15(11-17(30)31)20(34)27-14(21(35)36)7-8-16(25)29/h12-15H,1-11,22-24H2,(H2,25,29)(H,26,32)(H,27,34)(H,28,33)(H,30,31)(H,35,36). The average Bonchev–Trinajstić information content (AvgIpc) is 2.79. The molecule has 13 N–H and O–H groups in total. The number of carbonyl (C=O) groups excluding carboxylic acids is 4. The van der Waals surface area contributed by atoms with Crippen molar-refractivity contribution < 1.29 is 39.0 Å². The minimum Gasteiger partial charge on any atom is -0.481 e. The van der Waals surface area contributed by atoms with Crippen LogP contribution in [0.3, 0.4) is 0 Å². The Hall–Kier alpha value is -3.30. The number of aliphatic carboxylic acids is 2. The second-order valence-corrected chi connectivity index (χ2v) is 8.30. The first-order valence-corrected chi connectivity index (χ1v) is 11.7. The summed E-state index contributed by atoms with van der Waals surface area (Å²) in [5.74, 6) is -6.24. The molecule has 0 saturated carbocycles. The van der Waals surface area contributed by atoms with Crippen LogP contribution in [0.1, 0.15) is 57.8 Å². The third-order valence-corrected chi connectivity index (χ3v) is 5.19. The van der Waals surface area contributed by atoms with Gasteiger partial charge in [-0.25, -0.2) is 4.79 Å². The fourth-order valence-electron chi connectivity index (χ4n) is 3.15. The lowest BCUT2D eigenvalue weighted by Gasteiger charge is -2.24. The topological polar surface area (TPSA) is 283 Å². The molecule has 15 nitrogen and oxygen atoms in total. The Morgan fingerprint density at radius 1 is 0.667 bits per heavy atom. The lowest BCUT2D eigenvalue weighted by atomic mass is 10.0. The number of unbranched alkanes of at least 4 members (excludes halogenated alkanes) is 2. The van der Waals surface area contributed by atoms with Gasteiger partial charge in [0.15, 0.2) is 0 Å². The van der Waals surface area contributed by atoms with Crippen LogP contribution in [-0.4, -0.2) is 83.0 Å². The maximum atomic E-state index is 12.9. The predicted octanol–water partition coefficient (Wildman–Crippen LogP) is -3.15. The van der Waals surface area contributed by atoms with Crippen LogP contribution in [0, 0.1) is 0 Å². The molecule has 0 aliphatic heterocycles. The highest BCUT2D eigenvalue weighted by atomic mass is 16.4. The van der Waals surface area contributed by atoms with E-state index in [1.807, 2.05) is 0 Å². The fraction of sp³-hybridized carbons (Fsp3) is 0.714. The molecular formula is C21H39N7O8. The maximum absolute atomic E-state index is 12.9. The first-order chi connectivity index (χ1) is 16.9. The van der Waals surface area contributed by atoms with Crippen molar-refractivity contribution in [3.05, 3.63) is 0 Å². The van der Waals surface area contributed by atoms with Crippen LogP contribution in [0.4, 0.5) is 0 Å². The molecule has 4 atom stereocenters. The maximum Gasteiger partial charge on any atom is 0.326 e. The minimum atomic E-state index is -1.66. The van der Waals surface area contributed by atoms with Gasteiger partial charge in [-0.15, -0.1) is 0 Å². The van der Waals surface area contributed by atoms with Gasteiger partial charge >= 0.3 is 11.9 Å². The largest absolute Gasteiger partial charge is 0.481 e. The Morgan fingerprint density at radius 3 is 1.67 bits per heavy atom. The van der Waals surface area contributed by atoms with Crippen molar-refractivity contribution in [2.75, 3.05) is 13.1 Å². The summed E-state index contributed by atoms with van der Waals surface area (Å²) in [5.41, 5.74) is 21.8. The number of rotatable bonds is 20. The smallest absolute Gasteiger partial charge is 0.326 e. The van der Waals surface area contributed by atoms with E-state index in [1.165, 1.54) is 0 Å². The van der Waals surface area contributed by atoms with Gasteiger partial charge in [-0.05, 0) is 51.6 Å². The van der Waals surface area contributed by atoms with Gasteiger partial charge in [0.05, 0.1) is 12.5 Å². The van der Waals surface area contributed by atoms with Gasteiger partial charge in [0, 0.05) is 6.42 Å². The van der Waals surface area contributed by atoms with Crippen LogP contribution in [0.25, 0.3) is 0 Å². The van der Waals surface area contributed by atoms with E-state index in [2.05, 4.69) is 16.0 Å². The first-order valence-electron chi connectivity index (χ1n) is 11.7. The summed E-state index contributed by atoms with van der Waals surface area (Å²) in [6.07, 6.45) is 1.22. The van der Waals surface area contributed by atoms with Gasteiger partial charge in [0.1, 0.15) is 18.1 Å². The zero-order valence-corrected chi connectivity index (χ0v) is 20.2. The average molecular weight is 518 g/mol. The van der Waals surface area contributed by atoms with Crippen molar-refractivity contribution in [3.8, 4) is 0 Å². The lowest BCUT2D eigenvalue weighted by Crippen LogP contribution is -2.57. The van der Waals surface area contributed by atoms with Crippen LogP contribution in [0.5, 0.6) is 0 Å². The summed E-state index contributed by atoms with van der Waals surface area (Å²) in [4.78, 5) is 71.7. The highest BCUT2D eigenvalue weighted by Crippen LogP contribution is 2.06. The number of hydrogen-bond acceptors (Lipinski definition) is 9. The monoisotopic (exact) mass is 517 g/mol. The van der Waals surface area contributed by atoms with E-state index in [1.54, 1.807) is 0 Å². The fourth-order valence-corrected chi connectivity index (χ4v) is 3.15. The number of hydrogen-bond donors (Lipinski definition) is 9. The van der Waals surface area contributed by atoms with Gasteiger partial charge in [0.25, 0.3) is 0 Å². The van der Waals surface area contributed by atoms with Gasteiger partial charge in [0.2, 0.25) is 23.6 Å². The van der Waals surface area contributed by atoms with Gasteiger partial charge in [-0.3, -0.25) is 24.0 Å². The number of amides is 4. The molecule has 15 heteroatoms. The number of nitrogens with one attached hydrogen (secondary N) is 3. The molecule has 4 amide bonds. The van der Waals surface area contributed by atoms with Gasteiger partial charge in [-0.2, -0.15) is 0 Å². The molecule has 0 aromatic heterocycles. The van der Waals surface area contributed by atoms with Gasteiger partial charge in [-0.1, -0.05) is 6.42 Å². The number of carboxylic acid groups (broad SMARTS) is 2. The second kappa shape index (κ2) is 18.0. The van der Waals surface area contributed by atoms with E-state index < -0.39 is 66.2 Å². The normalized spacial score (nSPS) is 14.1. The number of carboxylic acids is 2. The molecule has 206 valence electrons. The van der Waals surface area contributed by atoms with E-state index in [-0.39, 0.29) is 19.3 Å².